The molecule has 0 aliphatic carbocycles. The Bertz CT molecular complexity index is 1160. The van der Waals surface area contributed by atoms with Crippen LogP contribution >= 0.6 is 23.5 Å². The first-order valence-corrected chi connectivity index (χ1v) is 13.2. The normalized spacial score (nSPS) is 11.7. The van der Waals surface area contributed by atoms with Crippen molar-refractivity contribution in [2.75, 3.05) is 17.3 Å². The van der Waals surface area contributed by atoms with E-state index in [0.29, 0.717) is 10.7 Å². The van der Waals surface area contributed by atoms with Gasteiger partial charge in [-0.25, -0.2) is 18.5 Å². The van der Waals surface area contributed by atoms with Crippen molar-refractivity contribution in [3.63, 3.8) is 0 Å². The standard InChI is InChI=1S/C20H24N4O3S3/c1-3-4-11-24-17-10-9-14(30(21,26)27)12-16(17)23-20(24)29-13-19(25)22-15-7-5-6-8-18(15)28-2/h5-10,12H,3-4,11,13H2,1-2H3,(H,22,25)(H2,21,26,27). The molecule has 0 unspecified atom stereocenters. The van der Waals surface area contributed by atoms with Crippen molar-refractivity contribution in [2.24, 2.45) is 5.14 Å². The summed E-state index contributed by atoms with van der Waals surface area (Å²) in [7, 11) is -3.80. The summed E-state index contributed by atoms with van der Waals surface area (Å²) >= 11 is 2.90. The molecular formula is C20H24N4O3S3. The van der Waals surface area contributed by atoms with Crippen LogP contribution in [0.2, 0.25) is 0 Å². The zero-order valence-electron chi connectivity index (χ0n) is 16.8. The molecule has 3 aromatic rings. The van der Waals surface area contributed by atoms with Gasteiger partial charge in [-0.3, -0.25) is 4.79 Å². The highest BCUT2D eigenvalue weighted by Gasteiger charge is 2.16. The second-order valence-corrected chi connectivity index (χ2v) is 9.98. The van der Waals surface area contributed by atoms with Crippen LogP contribution in [0.3, 0.4) is 0 Å². The van der Waals surface area contributed by atoms with Crippen LogP contribution in [0, 0.1) is 0 Å². The van der Waals surface area contributed by atoms with E-state index in [1.165, 1.54) is 23.9 Å². The Morgan fingerprint density at radius 2 is 2.00 bits per heavy atom. The van der Waals surface area contributed by atoms with Crippen LogP contribution in [-0.4, -0.2) is 35.9 Å². The number of nitrogens with zero attached hydrogens (tertiary/aromatic N) is 2. The molecule has 30 heavy (non-hydrogen) atoms. The molecule has 10 heteroatoms. The molecule has 2 aromatic carbocycles. The van der Waals surface area contributed by atoms with Crippen molar-refractivity contribution < 1.29 is 13.2 Å². The van der Waals surface area contributed by atoms with E-state index in [2.05, 4.69) is 17.2 Å². The number of aromatic nitrogens is 2. The first-order chi connectivity index (χ1) is 14.3. The largest absolute Gasteiger partial charge is 0.324 e. The van der Waals surface area contributed by atoms with E-state index >= 15 is 0 Å². The van der Waals surface area contributed by atoms with Crippen molar-refractivity contribution in [3.05, 3.63) is 42.5 Å². The highest BCUT2D eigenvalue weighted by atomic mass is 32.2. The van der Waals surface area contributed by atoms with Crippen molar-refractivity contribution in [1.82, 2.24) is 9.55 Å². The maximum absolute atomic E-state index is 12.5. The topological polar surface area (TPSA) is 107 Å². The molecule has 160 valence electrons. The third kappa shape index (κ3) is 5.37. The number of amides is 1. The summed E-state index contributed by atoms with van der Waals surface area (Å²) in [5.74, 6) is 0.0704. The number of fused-ring (bicyclic) bond motifs is 1. The minimum atomic E-state index is -3.80. The summed E-state index contributed by atoms with van der Waals surface area (Å²) < 4.78 is 25.4. The van der Waals surface area contributed by atoms with E-state index in [1.54, 1.807) is 17.8 Å². The number of hydrogen-bond donors (Lipinski definition) is 2. The Morgan fingerprint density at radius 3 is 2.70 bits per heavy atom. The second-order valence-electron chi connectivity index (χ2n) is 6.63. The van der Waals surface area contributed by atoms with E-state index in [-0.39, 0.29) is 16.6 Å². The van der Waals surface area contributed by atoms with Gasteiger partial charge in [0.2, 0.25) is 15.9 Å². The lowest BCUT2D eigenvalue weighted by molar-refractivity contribution is -0.113. The number of primary sulfonamides is 1. The predicted octanol–water partition coefficient (Wildman–Crippen LogP) is 3.94. The lowest BCUT2D eigenvalue weighted by Crippen LogP contribution is -2.15. The number of carbonyl (C=O) groups excluding carboxylic acids is 1. The highest BCUT2D eigenvalue weighted by Crippen LogP contribution is 2.28. The number of nitrogens with two attached hydrogens (primary N) is 1. The van der Waals surface area contributed by atoms with Crippen LogP contribution in [0.5, 0.6) is 0 Å². The van der Waals surface area contributed by atoms with E-state index in [4.69, 9.17) is 5.14 Å². The van der Waals surface area contributed by atoms with Gasteiger partial charge in [0.1, 0.15) is 0 Å². The van der Waals surface area contributed by atoms with E-state index in [9.17, 15) is 13.2 Å². The Hall–Kier alpha value is -2.01. The molecule has 7 nitrogen and oxygen atoms in total. The third-order valence-corrected chi connectivity index (χ3v) is 7.15. The molecule has 0 bridgehead atoms. The maximum Gasteiger partial charge on any atom is 0.238 e. The SMILES string of the molecule is CCCCn1c(SCC(=O)Nc2ccccc2SC)nc2cc(S(N)(=O)=O)ccc21. The molecule has 1 heterocycles. The molecule has 0 fully saturated rings. The number of unbranched alkanes of at least 4 members (excludes halogenated alkanes) is 1. The molecule has 3 rings (SSSR count). The molecule has 0 aliphatic rings. The number of hydrogen-bond acceptors (Lipinski definition) is 6. The van der Waals surface area contributed by atoms with Crippen LogP contribution in [0.1, 0.15) is 19.8 Å². The van der Waals surface area contributed by atoms with E-state index in [1.807, 2.05) is 35.1 Å². The van der Waals surface area contributed by atoms with Gasteiger partial charge in [-0.05, 0) is 43.0 Å². The summed E-state index contributed by atoms with van der Waals surface area (Å²) in [4.78, 5) is 18.1. The molecule has 0 saturated heterocycles. The van der Waals surface area contributed by atoms with Gasteiger partial charge in [0.25, 0.3) is 0 Å². The molecule has 0 atom stereocenters. The van der Waals surface area contributed by atoms with Crippen molar-refractivity contribution >= 4 is 56.2 Å². The number of imidazole rings is 1. The third-order valence-electron chi connectivity index (χ3n) is 4.46. The number of para-hydroxylation sites is 1. The quantitative estimate of drug-likeness (QED) is 0.465. The zero-order valence-corrected chi connectivity index (χ0v) is 19.2. The monoisotopic (exact) mass is 464 g/mol. The summed E-state index contributed by atoms with van der Waals surface area (Å²) in [6, 6.07) is 12.3. The Kier molecular flexibility index (Phi) is 7.45. The van der Waals surface area contributed by atoms with Crippen molar-refractivity contribution in [1.29, 1.82) is 0 Å². The van der Waals surface area contributed by atoms with E-state index in [0.717, 1.165) is 35.5 Å². The van der Waals surface area contributed by atoms with E-state index < -0.39 is 10.0 Å². The number of aryl methyl sites for hydroxylation is 1. The first-order valence-electron chi connectivity index (χ1n) is 9.42. The van der Waals surface area contributed by atoms with Crippen LogP contribution in [0.15, 0.2) is 57.4 Å². The summed E-state index contributed by atoms with van der Waals surface area (Å²) in [5.41, 5.74) is 2.16. The van der Waals surface area contributed by atoms with Crippen molar-refractivity contribution in [3.8, 4) is 0 Å². The minimum absolute atomic E-state index is 0.0260. The number of anilines is 1. The number of sulfonamides is 1. The predicted molar refractivity (Wildman–Crippen MR) is 124 cm³/mol. The number of thioether (sulfide) groups is 2. The van der Waals surface area contributed by atoms with Gasteiger partial charge in [-0.15, -0.1) is 11.8 Å². The van der Waals surface area contributed by atoms with Gasteiger partial charge in [-0.2, -0.15) is 0 Å². The zero-order chi connectivity index (χ0) is 21.7. The fourth-order valence-corrected chi connectivity index (χ4v) is 4.90. The lowest BCUT2D eigenvalue weighted by atomic mass is 10.3. The van der Waals surface area contributed by atoms with Crippen LogP contribution < -0.4 is 10.5 Å². The van der Waals surface area contributed by atoms with Crippen molar-refractivity contribution in [2.45, 2.75) is 41.3 Å². The molecule has 0 spiro atoms. The van der Waals surface area contributed by atoms with Crippen LogP contribution in [-0.2, 0) is 21.4 Å². The van der Waals surface area contributed by atoms with Gasteiger partial charge in [-0.1, -0.05) is 37.2 Å². The summed E-state index contributed by atoms with van der Waals surface area (Å²) in [6.45, 7) is 2.84. The molecule has 1 amide bonds. The number of rotatable bonds is 9. The smallest absolute Gasteiger partial charge is 0.238 e. The van der Waals surface area contributed by atoms with Gasteiger partial charge in [0, 0.05) is 11.4 Å². The fourth-order valence-electron chi connectivity index (χ4n) is 2.97. The van der Waals surface area contributed by atoms with Gasteiger partial charge in [0.05, 0.1) is 27.4 Å². The fraction of sp³-hybridized carbons (Fsp3) is 0.300. The first kappa shape index (κ1) is 22.7. The van der Waals surface area contributed by atoms with Crippen LogP contribution in [0.4, 0.5) is 5.69 Å². The minimum Gasteiger partial charge on any atom is -0.324 e. The van der Waals surface area contributed by atoms with Gasteiger partial charge >= 0.3 is 0 Å². The molecule has 0 saturated carbocycles. The molecule has 0 aliphatic heterocycles. The van der Waals surface area contributed by atoms with Crippen LogP contribution in [0.25, 0.3) is 11.0 Å². The molecule has 3 N–H and O–H groups in total. The number of nitrogens with one attached hydrogen (secondary N) is 1. The Labute approximate surface area is 184 Å². The molecule has 0 radical (unpaired) electrons. The lowest BCUT2D eigenvalue weighted by Gasteiger charge is -2.10. The van der Waals surface area contributed by atoms with Gasteiger partial charge < -0.3 is 9.88 Å². The summed E-state index contributed by atoms with van der Waals surface area (Å²) in [5, 5.41) is 8.87. The Morgan fingerprint density at radius 1 is 1.23 bits per heavy atom. The summed E-state index contributed by atoms with van der Waals surface area (Å²) in [6.07, 6.45) is 3.92. The molecule has 1 aromatic heterocycles. The Balaban J connectivity index is 1.82. The highest BCUT2D eigenvalue weighted by molar-refractivity contribution is 7.99. The second kappa shape index (κ2) is 9.86. The van der Waals surface area contributed by atoms with Gasteiger partial charge in [0.15, 0.2) is 5.16 Å². The average molecular weight is 465 g/mol. The number of benzene rings is 2. The number of carbonyl (C=O) groups is 1. The maximum atomic E-state index is 12.5. The molecular weight excluding hydrogens is 440 g/mol. The average Bonchev–Trinajstić information content (AvgIpc) is 3.07.